The zero-order valence-electron chi connectivity index (χ0n) is 17.2. The summed E-state index contributed by atoms with van der Waals surface area (Å²) < 4.78 is 26.1. The van der Waals surface area contributed by atoms with E-state index in [1.54, 1.807) is 48.5 Å². The minimum Gasteiger partial charge on any atom is -0.507 e. The summed E-state index contributed by atoms with van der Waals surface area (Å²) in [7, 11) is -3.67. The first kappa shape index (κ1) is 21.5. The maximum Gasteiger partial charge on any atom is 0.339 e. The molecule has 4 aromatic rings. The van der Waals surface area contributed by atoms with Crippen molar-refractivity contribution < 1.29 is 23.4 Å². The molecule has 1 aromatic heterocycles. The summed E-state index contributed by atoms with van der Waals surface area (Å²) >= 11 is 0. The Balaban J connectivity index is 1.76. The Kier molecular flexibility index (Phi) is 5.63. The topological polar surface area (TPSA) is 117 Å². The molecule has 0 fully saturated rings. The number of aromatic carboxylic acids is 1. The maximum atomic E-state index is 13.1. The molecule has 0 atom stereocenters. The quantitative estimate of drug-likeness (QED) is 0.459. The van der Waals surface area contributed by atoms with Crippen LogP contribution in [0.15, 0.2) is 71.6 Å². The molecule has 32 heavy (non-hydrogen) atoms. The van der Waals surface area contributed by atoms with Crippen LogP contribution in [0, 0.1) is 6.92 Å². The fourth-order valence-corrected chi connectivity index (χ4v) is 4.71. The van der Waals surface area contributed by atoms with Crippen molar-refractivity contribution >= 4 is 26.8 Å². The number of nitrogens with zero attached hydrogens (tertiary/aromatic N) is 2. The fourth-order valence-electron chi connectivity index (χ4n) is 3.40. The van der Waals surface area contributed by atoms with Gasteiger partial charge in [0.05, 0.1) is 33.1 Å². The molecule has 0 unspecified atom stereocenters. The van der Waals surface area contributed by atoms with E-state index < -0.39 is 15.8 Å². The molecule has 8 heteroatoms. The van der Waals surface area contributed by atoms with Crippen LogP contribution in [-0.4, -0.2) is 34.6 Å². The minimum atomic E-state index is -3.67. The lowest BCUT2D eigenvalue weighted by Crippen LogP contribution is -2.11. The van der Waals surface area contributed by atoms with Crippen LogP contribution in [0.4, 0.5) is 0 Å². The van der Waals surface area contributed by atoms with Crippen LogP contribution in [0.25, 0.3) is 11.0 Å². The third-order valence-electron chi connectivity index (χ3n) is 5.10. The highest BCUT2D eigenvalue weighted by Gasteiger charge is 2.21. The molecule has 162 valence electrons. The van der Waals surface area contributed by atoms with Crippen molar-refractivity contribution in [2.24, 2.45) is 0 Å². The SMILES string of the molecule is Cc1ccc(S(=O)(=O)Cc2nc3ccccc3nc2Cc2ccc(C(=O)O)c(O)c2)cc1. The monoisotopic (exact) mass is 448 g/mol. The van der Waals surface area contributed by atoms with E-state index in [1.807, 2.05) is 13.0 Å². The van der Waals surface area contributed by atoms with Gasteiger partial charge in [-0.25, -0.2) is 23.2 Å². The largest absolute Gasteiger partial charge is 0.507 e. The minimum absolute atomic E-state index is 0.185. The summed E-state index contributed by atoms with van der Waals surface area (Å²) in [5.74, 6) is -1.93. The van der Waals surface area contributed by atoms with Crippen molar-refractivity contribution in [3.63, 3.8) is 0 Å². The van der Waals surface area contributed by atoms with Crippen LogP contribution >= 0.6 is 0 Å². The first-order valence-electron chi connectivity index (χ1n) is 9.82. The summed E-state index contributed by atoms with van der Waals surface area (Å²) in [6, 6.07) is 18.0. The van der Waals surface area contributed by atoms with Crippen molar-refractivity contribution in [3.05, 3.63) is 94.8 Å². The number of aromatic hydroxyl groups is 1. The molecular weight excluding hydrogens is 428 g/mol. The second-order valence-corrected chi connectivity index (χ2v) is 9.50. The lowest BCUT2D eigenvalue weighted by Gasteiger charge is -2.12. The number of hydrogen-bond donors (Lipinski definition) is 2. The first-order valence-corrected chi connectivity index (χ1v) is 11.5. The van der Waals surface area contributed by atoms with Crippen molar-refractivity contribution in [3.8, 4) is 5.75 Å². The Hall–Kier alpha value is -3.78. The van der Waals surface area contributed by atoms with E-state index in [0.717, 1.165) is 5.56 Å². The van der Waals surface area contributed by atoms with Gasteiger partial charge in [0, 0.05) is 6.42 Å². The molecule has 2 N–H and O–H groups in total. The Labute approximate surface area is 185 Å². The number of aryl methyl sites for hydroxylation is 1. The summed E-state index contributed by atoms with van der Waals surface area (Å²) in [6.45, 7) is 1.88. The van der Waals surface area contributed by atoms with E-state index >= 15 is 0 Å². The zero-order valence-corrected chi connectivity index (χ0v) is 18.0. The Morgan fingerprint density at radius 3 is 2.12 bits per heavy atom. The van der Waals surface area contributed by atoms with Gasteiger partial charge in [-0.05, 0) is 48.9 Å². The van der Waals surface area contributed by atoms with E-state index in [-0.39, 0.29) is 28.4 Å². The van der Waals surface area contributed by atoms with Crippen molar-refractivity contribution in [2.75, 3.05) is 0 Å². The molecule has 1 heterocycles. The number of aromatic nitrogens is 2. The van der Waals surface area contributed by atoms with Gasteiger partial charge in [0.2, 0.25) is 0 Å². The van der Waals surface area contributed by atoms with Crippen LogP contribution in [0.5, 0.6) is 5.75 Å². The standard InChI is InChI=1S/C24H20N2O5S/c1-15-6-9-17(10-7-15)32(30,31)14-22-21(25-19-4-2-3-5-20(19)26-22)12-16-8-11-18(24(28)29)23(27)13-16/h2-11,13,27H,12,14H2,1H3,(H,28,29). The number of carboxylic acids is 1. The van der Waals surface area contributed by atoms with Gasteiger partial charge in [-0.15, -0.1) is 0 Å². The van der Waals surface area contributed by atoms with Crippen molar-refractivity contribution in [1.29, 1.82) is 0 Å². The molecular formula is C24H20N2O5S. The second kappa shape index (κ2) is 8.39. The normalized spacial score (nSPS) is 11.5. The van der Waals surface area contributed by atoms with Crippen LogP contribution < -0.4 is 0 Å². The molecule has 4 rings (SSSR count). The van der Waals surface area contributed by atoms with Gasteiger partial charge in [-0.2, -0.15) is 0 Å². The summed E-state index contributed by atoms with van der Waals surface area (Å²) in [5, 5.41) is 19.1. The molecule has 0 spiro atoms. The second-order valence-electron chi connectivity index (χ2n) is 7.51. The lowest BCUT2D eigenvalue weighted by molar-refractivity contribution is 0.0693. The predicted octanol–water partition coefficient (Wildman–Crippen LogP) is 3.91. The highest BCUT2D eigenvalue weighted by molar-refractivity contribution is 7.90. The van der Waals surface area contributed by atoms with Crippen LogP contribution in [0.2, 0.25) is 0 Å². The molecule has 3 aromatic carbocycles. The number of para-hydroxylation sites is 2. The van der Waals surface area contributed by atoms with Crippen LogP contribution in [0.1, 0.15) is 32.9 Å². The van der Waals surface area contributed by atoms with E-state index in [2.05, 4.69) is 9.97 Å². The van der Waals surface area contributed by atoms with Crippen LogP contribution in [-0.2, 0) is 22.0 Å². The van der Waals surface area contributed by atoms with Crippen molar-refractivity contribution in [2.45, 2.75) is 24.0 Å². The number of fused-ring (bicyclic) bond motifs is 1. The number of sulfone groups is 1. The number of phenols is 1. The van der Waals surface area contributed by atoms with Gasteiger partial charge in [0.15, 0.2) is 9.84 Å². The maximum absolute atomic E-state index is 13.1. The lowest BCUT2D eigenvalue weighted by atomic mass is 10.0. The van der Waals surface area contributed by atoms with Gasteiger partial charge in [0.25, 0.3) is 0 Å². The van der Waals surface area contributed by atoms with E-state index in [4.69, 9.17) is 5.11 Å². The highest BCUT2D eigenvalue weighted by Crippen LogP contribution is 2.24. The molecule has 0 aliphatic heterocycles. The third kappa shape index (κ3) is 4.45. The van der Waals surface area contributed by atoms with Gasteiger partial charge < -0.3 is 10.2 Å². The Bertz CT molecular complexity index is 1430. The smallest absolute Gasteiger partial charge is 0.339 e. The average Bonchev–Trinajstić information content (AvgIpc) is 2.74. The molecule has 0 saturated heterocycles. The number of carbonyl (C=O) groups is 1. The van der Waals surface area contributed by atoms with Gasteiger partial charge >= 0.3 is 5.97 Å². The summed E-state index contributed by atoms with van der Waals surface area (Å²) in [6.07, 6.45) is 0.185. The number of benzene rings is 3. The van der Waals surface area contributed by atoms with E-state index in [9.17, 15) is 18.3 Å². The first-order chi connectivity index (χ1) is 15.2. The Morgan fingerprint density at radius 1 is 0.906 bits per heavy atom. The number of rotatable bonds is 6. The van der Waals surface area contributed by atoms with E-state index in [1.165, 1.54) is 12.1 Å². The molecule has 0 saturated carbocycles. The molecule has 0 aliphatic carbocycles. The molecule has 7 nitrogen and oxygen atoms in total. The predicted molar refractivity (Wildman–Crippen MR) is 119 cm³/mol. The highest BCUT2D eigenvalue weighted by atomic mass is 32.2. The fraction of sp³-hybridized carbons (Fsp3) is 0.125. The van der Waals surface area contributed by atoms with Gasteiger partial charge in [-0.1, -0.05) is 35.9 Å². The third-order valence-corrected chi connectivity index (χ3v) is 6.74. The van der Waals surface area contributed by atoms with Gasteiger partial charge in [0.1, 0.15) is 11.3 Å². The molecule has 0 radical (unpaired) electrons. The molecule has 0 aliphatic rings. The summed E-state index contributed by atoms with van der Waals surface area (Å²) in [4.78, 5) is 20.6. The Morgan fingerprint density at radius 2 is 1.53 bits per heavy atom. The number of carboxylic acid groups (broad SMARTS) is 1. The summed E-state index contributed by atoms with van der Waals surface area (Å²) in [5.41, 5.74) is 3.29. The number of hydrogen-bond acceptors (Lipinski definition) is 6. The van der Waals surface area contributed by atoms with E-state index in [0.29, 0.717) is 28.0 Å². The average molecular weight is 449 g/mol. The van der Waals surface area contributed by atoms with Crippen LogP contribution in [0.3, 0.4) is 0 Å². The molecule has 0 amide bonds. The zero-order chi connectivity index (χ0) is 22.9. The van der Waals surface area contributed by atoms with Gasteiger partial charge in [-0.3, -0.25) is 0 Å². The van der Waals surface area contributed by atoms with Crippen molar-refractivity contribution in [1.82, 2.24) is 9.97 Å². The molecule has 0 bridgehead atoms.